The van der Waals surface area contributed by atoms with Crippen LogP contribution in [0.4, 0.5) is 10.5 Å². The van der Waals surface area contributed by atoms with Gasteiger partial charge in [-0.25, -0.2) is 4.79 Å². The minimum Gasteiger partial charge on any atom is -0.393 e. The minimum atomic E-state index is -1.17. The molecule has 0 radical (unpaired) electrons. The van der Waals surface area contributed by atoms with Crippen molar-refractivity contribution in [3.8, 4) is 11.1 Å². The van der Waals surface area contributed by atoms with Crippen molar-refractivity contribution in [1.29, 1.82) is 0 Å². The average Bonchev–Trinajstić information content (AvgIpc) is 3.82. The lowest BCUT2D eigenvalue weighted by Crippen LogP contribution is -2.67. The van der Waals surface area contributed by atoms with E-state index in [0.717, 1.165) is 54.5 Å². The first-order chi connectivity index (χ1) is 26.5. The Morgan fingerprint density at radius 2 is 1.51 bits per heavy atom. The van der Waals surface area contributed by atoms with Gasteiger partial charge in [0.25, 0.3) is 0 Å². The number of benzene rings is 3. The van der Waals surface area contributed by atoms with Crippen LogP contribution in [0.1, 0.15) is 74.0 Å². The number of para-hydroxylation sites is 1. The highest BCUT2D eigenvalue weighted by Gasteiger charge is 2.74. The fraction of sp³-hybridized carbons (Fsp3) is 0.417. The van der Waals surface area contributed by atoms with Crippen molar-refractivity contribution in [2.75, 3.05) is 18.4 Å². The van der Waals surface area contributed by atoms with Crippen molar-refractivity contribution < 1.29 is 19.8 Å². The molecule has 284 valence electrons. The number of aliphatic hydroxyl groups excluding tert-OH is 1. The van der Waals surface area contributed by atoms with E-state index < -0.39 is 27.9 Å². The zero-order valence-corrected chi connectivity index (χ0v) is 32.7. The Labute approximate surface area is 329 Å². The quantitative estimate of drug-likeness (QED) is 0.117. The van der Waals surface area contributed by atoms with Gasteiger partial charge in [0.15, 0.2) is 5.78 Å². The highest BCUT2D eigenvalue weighted by atomic mass is 32.1. The van der Waals surface area contributed by atoms with Gasteiger partial charge in [0.05, 0.1) is 18.2 Å². The van der Waals surface area contributed by atoms with Gasteiger partial charge in [-0.15, -0.1) is 11.3 Å². The second kappa shape index (κ2) is 13.4. The molecule has 2 spiro atoms. The molecule has 3 fully saturated rings. The first-order valence-corrected chi connectivity index (χ1v) is 21.1. The van der Waals surface area contributed by atoms with E-state index in [-0.39, 0.29) is 35.6 Å². The molecule has 7 heteroatoms. The first kappa shape index (κ1) is 36.3. The van der Waals surface area contributed by atoms with Gasteiger partial charge in [-0.3, -0.25) is 4.79 Å². The molecule has 8 unspecified atom stereocenters. The number of nitrogens with zero attached hydrogens (tertiary/aromatic N) is 1. The number of carbonyl (C=O) groups is 2. The van der Waals surface area contributed by atoms with Crippen molar-refractivity contribution in [3.63, 3.8) is 0 Å². The Morgan fingerprint density at radius 3 is 2.27 bits per heavy atom. The highest BCUT2D eigenvalue weighted by molar-refractivity contribution is 7.09. The Morgan fingerprint density at radius 1 is 0.818 bits per heavy atom. The van der Waals surface area contributed by atoms with Gasteiger partial charge in [-0.1, -0.05) is 111 Å². The van der Waals surface area contributed by atoms with E-state index in [1.165, 1.54) is 4.88 Å². The third-order valence-electron chi connectivity index (χ3n) is 15.2. The topological polar surface area (TPSA) is 89.9 Å². The molecule has 4 aromatic rings. The molecule has 6 aliphatic carbocycles. The van der Waals surface area contributed by atoms with E-state index in [1.807, 2.05) is 83.8 Å². The average molecular weight is 753 g/mol. The summed E-state index contributed by atoms with van der Waals surface area (Å²) in [5.41, 5.74) is 1.32. The number of nitrogens with one attached hydrogen (secondary N) is 1. The predicted molar refractivity (Wildman–Crippen MR) is 220 cm³/mol. The van der Waals surface area contributed by atoms with Gasteiger partial charge in [-0.05, 0) is 103 Å². The second-order valence-corrected chi connectivity index (χ2v) is 18.6. The maximum Gasteiger partial charge on any atom is 0.321 e. The van der Waals surface area contributed by atoms with Crippen LogP contribution in [0.3, 0.4) is 0 Å². The summed E-state index contributed by atoms with van der Waals surface area (Å²) in [6.07, 6.45) is 12.6. The van der Waals surface area contributed by atoms with Crippen molar-refractivity contribution in [2.45, 2.75) is 76.9 Å². The summed E-state index contributed by atoms with van der Waals surface area (Å²) in [4.78, 5) is 32.6. The predicted octanol–water partition coefficient (Wildman–Crippen LogP) is 9.97. The minimum absolute atomic E-state index is 0.0163. The molecule has 55 heavy (non-hydrogen) atoms. The third kappa shape index (κ3) is 5.55. The molecule has 3 saturated carbocycles. The molecule has 6 nitrogen and oxygen atoms in total. The van der Waals surface area contributed by atoms with Crippen molar-refractivity contribution in [3.05, 3.63) is 137 Å². The Balaban J connectivity index is 1.12. The number of amides is 2. The molecular formula is C48H52N2O4S. The van der Waals surface area contributed by atoms with Crippen LogP contribution in [0.2, 0.25) is 0 Å². The normalized spacial score (nSPS) is 34.3. The first-order valence-electron chi connectivity index (χ1n) is 20.2. The van der Waals surface area contributed by atoms with Gasteiger partial charge in [0.2, 0.25) is 0 Å². The highest BCUT2D eigenvalue weighted by Crippen LogP contribution is 2.78. The standard InChI is InChI=1S/C48H52N2O4S/c1-44-23-19-35(51)30-46(44)26-27-48(39(31-46)42(52)38-18-10-9-17-37(38)33-12-5-3-6-13-33)40(44)20-24-45(2)41(48)21-25-47(45,54)32-50(28-22-36-16-11-29-55-36)43(53)49-34-14-7-4-8-15-34/h3-18,26-27,29,31,35,40-41,51,54H,19-25,28,30,32H2,1-2H3,(H,49,53). The van der Waals surface area contributed by atoms with E-state index in [1.54, 1.807) is 11.3 Å². The summed E-state index contributed by atoms with van der Waals surface area (Å²) < 4.78 is 0. The summed E-state index contributed by atoms with van der Waals surface area (Å²) in [7, 11) is 0. The van der Waals surface area contributed by atoms with Crippen LogP contribution in [0.5, 0.6) is 0 Å². The summed E-state index contributed by atoms with van der Waals surface area (Å²) in [5, 5.41) is 29.5. The van der Waals surface area contributed by atoms with Crippen LogP contribution < -0.4 is 5.32 Å². The molecule has 3 N–H and O–H groups in total. The molecule has 10 rings (SSSR count). The molecule has 1 heterocycles. The van der Waals surface area contributed by atoms with Crippen LogP contribution >= 0.6 is 11.3 Å². The number of hydrogen-bond acceptors (Lipinski definition) is 5. The summed E-state index contributed by atoms with van der Waals surface area (Å²) >= 11 is 1.69. The van der Waals surface area contributed by atoms with Crippen LogP contribution in [0, 0.1) is 33.5 Å². The fourth-order valence-corrected chi connectivity index (χ4v) is 13.0. The maximum absolute atomic E-state index is 15.5. The largest absolute Gasteiger partial charge is 0.393 e. The van der Waals surface area contributed by atoms with Crippen LogP contribution in [-0.2, 0) is 6.42 Å². The molecule has 2 amide bonds. The Hall–Kier alpha value is -4.30. The van der Waals surface area contributed by atoms with E-state index >= 15 is 4.79 Å². The van der Waals surface area contributed by atoms with Crippen LogP contribution in [-0.4, -0.2) is 51.7 Å². The molecule has 0 aliphatic heterocycles. The van der Waals surface area contributed by atoms with Gasteiger partial charge in [0, 0.05) is 44.5 Å². The number of aliphatic hydroxyl groups is 2. The number of Topliss-reactive ketones (excluding diaryl/α,β-unsaturated/α-hetero) is 1. The number of fused-ring (bicyclic) bond motifs is 1. The molecule has 8 atom stereocenters. The molecule has 1 aromatic heterocycles. The number of anilines is 1. The van der Waals surface area contributed by atoms with Gasteiger partial charge < -0.3 is 20.4 Å². The molecule has 3 aromatic carbocycles. The van der Waals surface area contributed by atoms with E-state index in [0.29, 0.717) is 31.4 Å². The van der Waals surface area contributed by atoms with E-state index in [2.05, 4.69) is 61.0 Å². The van der Waals surface area contributed by atoms with E-state index in [4.69, 9.17) is 0 Å². The number of allylic oxidation sites excluding steroid dienone is 4. The lowest BCUT2D eigenvalue weighted by atomic mass is 9.32. The molecule has 0 saturated heterocycles. The monoisotopic (exact) mass is 752 g/mol. The number of carbonyl (C=O) groups excluding carboxylic acids is 2. The van der Waals surface area contributed by atoms with Gasteiger partial charge >= 0.3 is 6.03 Å². The number of urea groups is 1. The van der Waals surface area contributed by atoms with Gasteiger partial charge in [-0.2, -0.15) is 0 Å². The molecule has 2 bridgehead atoms. The zero-order chi connectivity index (χ0) is 38.1. The number of rotatable bonds is 9. The number of ketones is 1. The summed E-state index contributed by atoms with van der Waals surface area (Å²) in [5.74, 6) is 0.217. The number of hydrogen-bond donors (Lipinski definition) is 3. The smallest absolute Gasteiger partial charge is 0.321 e. The third-order valence-corrected chi connectivity index (χ3v) is 16.1. The Kier molecular flexibility index (Phi) is 8.87. The molecular weight excluding hydrogens is 701 g/mol. The fourth-order valence-electron chi connectivity index (χ4n) is 12.3. The zero-order valence-electron chi connectivity index (χ0n) is 31.9. The maximum atomic E-state index is 15.5. The lowest BCUT2D eigenvalue weighted by molar-refractivity contribution is -0.174. The summed E-state index contributed by atoms with van der Waals surface area (Å²) in [6, 6.07) is 31.6. The number of thiophene rings is 1. The second-order valence-electron chi connectivity index (χ2n) is 17.6. The van der Waals surface area contributed by atoms with E-state index in [9.17, 15) is 15.0 Å². The molecule has 6 aliphatic rings. The lowest BCUT2D eigenvalue weighted by Gasteiger charge is -2.71. The van der Waals surface area contributed by atoms with Crippen LogP contribution in [0.15, 0.2) is 126 Å². The van der Waals surface area contributed by atoms with Crippen molar-refractivity contribution >= 4 is 28.8 Å². The summed E-state index contributed by atoms with van der Waals surface area (Å²) in [6.45, 7) is 5.37. The Bertz CT molecular complexity index is 2150. The van der Waals surface area contributed by atoms with Crippen molar-refractivity contribution in [2.24, 2.45) is 33.5 Å². The van der Waals surface area contributed by atoms with Gasteiger partial charge in [0.1, 0.15) is 0 Å². The SMILES string of the molecule is CC12CCC(O)CC13C=CC1(C(C(=O)c4ccccc4-c4ccccc4)=C3)C2CCC2(C)C1CCC2(O)CN(CCc1cccs1)C(=O)Nc1ccccc1. The van der Waals surface area contributed by atoms with Crippen molar-refractivity contribution in [1.82, 2.24) is 4.90 Å². The van der Waals surface area contributed by atoms with Crippen LogP contribution in [0.25, 0.3) is 11.1 Å².